The summed E-state index contributed by atoms with van der Waals surface area (Å²) >= 11 is 1.04. The Kier molecular flexibility index (Phi) is 6.27. The van der Waals surface area contributed by atoms with E-state index in [1.807, 2.05) is 0 Å². The summed E-state index contributed by atoms with van der Waals surface area (Å²) in [4.78, 5) is 47.6. The lowest BCUT2D eigenvalue weighted by Crippen LogP contribution is -2.42. The van der Waals surface area contributed by atoms with E-state index < -0.39 is 23.1 Å². The maximum Gasteiger partial charge on any atom is 0.357 e. The molecule has 0 amide bonds. The molecule has 10 heteroatoms. The first-order valence-electron chi connectivity index (χ1n) is 10.00. The molecule has 1 atom stereocenters. The lowest BCUT2D eigenvalue weighted by Gasteiger charge is -2.23. The Balaban J connectivity index is 2.11. The fraction of sp³-hybridized carbons (Fsp3) is 0.174. The third-order valence-corrected chi connectivity index (χ3v) is 6.31. The Morgan fingerprint density at radius 3 is 2.36 bits per heavy atom. The van der Waals surface area contributed by atoms with Gasteiger partial charge < -0.3 is 15.2 Å². The smallest absolute Gasteiger partial charge is 0.357 e. The van der Waals surface area contributed by atoms with E-state index in [1.165, 1.54) is 11.7 Å². The number of carbonyl (C=O) groups is 3. The summed E-state index contributed by atoms with van der Waals surface area (Å²) in [5, 5.41) is -0.276. The molecule has 0 bridgehead atoms. The highest BCUT2D eigenvalue weighted by atomic mass is 32.2. The first-order chi connectivity index (χ1) is 16.0. The lowest BCUT2D eigenvalue weighted by molar-refractivity contribution is -0.133. The van der Waals surface area contributed by atoms with E-state index in [0.29, 0.717) is 10.8 Å². The van der Waals surface area contributed by atoms with Crippen LogP contribution in [-0.4, -0.2) is 46.1 Å². The van der Waals surface area contributed by atoms with Gasteiger partial charge in [0.1, 0.15) is 10.2 Å². The maximum absolute atomic E-state index is 13.7. The van der Waals surface area contributed by atoms with Crippen LogP contribution in [0.15, 0.2) is 49.1 Å². The van der Waals surface area contributed by atoms with Gasteiger partial charge in [0, 0.05) is 30.0 Å². The summed E-state index contributed by atoms with van der Waals surface area (Å²) in [7, 11) is 1.25. The van der Waals surface area contributed by atoms with Gasteiger partial charge in [-0.3, -0.25) is 19.3 Å². The molecule has 1 aliphatic rings. The molecule has 33 heavy (non-hydrogen) atoms. The average Bonchev–Trinajstić information content (AvgIpc) is 3.13. The number of thioether (sulfide) groups is 1. The number of nitrogen functional groups attached to an aromatic ring is 1. The second-order valence-corrected chi connectivity index (χ2v) is 8.06. The van der Waals surface area contributed by atoms with Gasteiger partial charge >= 0.3 is 11.9 Å². The van der Waals surface area contributed by atoms with Crippen LogP contribution < -0.4 is 16.3 Å². The van der Waals surface area contributed by atoms with Crippen LogP contribution in [0.4, 0.5) is 5.69 Å². The molecule has 0 saturated heterocycles. The van der Waals surface area contributed by atoms with E-state index in [0.717, 1.165) is 17.3 Å². The second kappa shape index (κ2) is 9.29. The molecule has 1 aliphatic heterocycles. The number of pyridine rings is 2. The summed E-state index contributed by atoms with van der Waals surface area (Å²) in [6, 6.07) is 6.83. The number of nitrogens with two attached hydrogens (primary N) is 1. The first kappa shape index (κ1) is 22.3. The number of esters is 2. The monoisotopic (exact) mass is 464 g/mol. The standard InChI is InChI=1S/C23H20N4O5S/c1-3-32-22(29)18-16(24)15(12-13-4-8-25-9-5-13)17-20(23(30)31-2)33-19(21(28)27(17)18)14-6-10-26-11-7-14/h4-12,19H,3,24H2,1-2H3/b15-12+/t19-/m1/s1. The summed E-state index contributed by atoms with van der Waals surface area (Å²) in [5.74, 6) is -1.84. The van der Waals surface area contributed by atoms with E-state index in [9.17, 15) is 14.4 Å². The van der Waals surface area contributed by atoms with E-state index in [4.69, 9.17) is 15.2 Å². The molecule has 0 radical (unpaired) electrons. The Morgan fingerprint density at radius 2 is 1.76 bits per heavy atom. The predicted octanol–water partition coefficient (Wildman–Crippen LogP) is 1.28. The molecule has 0 unspecified atom stereocenters. The number of fused-ring (bicyclic) bond motifs is 1. The van der Waals surface area contributed by atoms with Crippen molar-refractivity contribution >= 4 is 46.3 Å². The van der Waals surface area contributed by atoms with Crippen molar-refractivity contribution in [3.63, 3.8) is 0 Å². The molecule has 9 nitrogen and oxygen atoms in total. The fourth-order valence-corrected chi connectivity index (χ4v) is 4.78. The highest BCUT2D eigenvalue weighted by Gasteiger charge is 2.38. The molecular weight excluding hydrogens is 444 g/mol. The minimum absolute atomic E-state index is 0.0333. The van der Waals surface area contributed by atoms with Crippen molar-refractivity contribution in [2.75, 3.05) is 19.5 Å². The van der Waals surface area contributed by atoms with Crippen molar-refractivity contribution in [1.82, 2.24) is 14.5 Å². The summed E-state index contributed by atoms with van der Waals surface area (Å²) in [5.41, 5.74) is 7.65. The van der Waals surface area contributed by atoms with Crippen molar-refractivity contribution in [1.29, 1.82) is 0 Å². The molecule has 4 rings (SSSR count). The van der Waals surface area contributed by atoms with Gasteiger partial charge in [0.2, 0.25) is 5.91 Å². The molecule has 4 heterocycles. The number of hydrogen-bond acceptors (Lipinski definition) is 9. The number of aromatic nitrogens is 3. The van der Waals surface area contributed by atoms with Crippen LogP contribution in [0.25, 0.3) is 11.0 Å². The van der Waals surface area contributed by atoms with Crippen molar-refractivity contribution in [2.45, 2.75) is 12.2 Å². The minimum atomic E-state index is -0.816. The Hall–Kier alpha value is -3.92. The minimum Gasteiger partial charge on any atom is -0.465 e. The topological polar surface area (TPSA) is 126 Å². The normalized spacial score (nSPS) is 15.8. The molecule has 0 saturated carbocycles. The van der Waals surface area contributed by atoms with Crippen molar-refractivity contribution in [2.24, 2.45) is 0 Å². The number of methoxy groups -OCH3 is 1. The predicted molar refractivity (Wildman–Crippen MR) is 122 cm³/mol. The van der Waals surface area contributed by atoms with Crippen molar-refractivity contribution in [3.8, 4) is 0 Å². The summed E-state index contributed by atoms with van der Waals surface area (Å²) < 4.78 is 11.4. The Morgan fingerprint density at radius 1 is 1.12 bits per heavy atom. The number of ether oxygens (including phenoxy) is 2. The van der Waals surface area contributed by atoms with E-state index in [-0.39, 0.29) is 28.2 Å². The van der Waals surface area contributed by atoms with Gasteiger partial charge in [0.05, 0.1) is 24.8 Å². The van der Waals surface area contributed by atoms with Gasteiger partial charge in [0.15, 0.2) is 5.69 Å². The number of hydrogen-bond donors (Lipinski definition) is 1. The molecule has 168 valence electrons. The SMILES string of the molecule is CCOC(=O)c1c(N)/c(=C\c2ccncc2)c2n1C(=O)[C@@H](c1ccncc1)SC=2C(=O)OC. The van der Waals surface area contributed by atoms with Crippen LogP contribution in [0.3, 0.4) is 0 Å². The van der Waals surface area contributed by atoms with E-state index >= 15 is 0 Å². The zero-order valence-electron chi connectivity index (χ0n) is 17.8. The van der Waals surface area contributed by atoms with Gasteiger partial charge in [-0.2, -0.15) is 0 Å². The summed E-state index contributed by atoms with van der Waals surface area (Å²) in [6.45, 7) is 1.74. The molecule has 3 aromatic heterocycles. The zero-order chi connectivity index (χ0) is 23.5. The highest BCUT2D eigenvalue weighted by Crippen LogP contribution is 2.39. The molecule has 0 aliphatic carbocycles. The van der Waals surface area contributed by atoms with Gasteiger partial charge in [-0.15, -0.1) is 0 Å². The molecule has 2 N–H and O–H groups in total. The van der Waals surface area contributed by atoms with E-state index in [2.05, 4.69) is 9.97 Å². The average molecular weight is 465 g/mol. The van der Waals surface area contributed by atoms with Crippen LogP contribution in [-0.2, 0) is 14.3 Å². The van der Waals surface area contributed by atoms with Crippen molar-refractivity contribution < 1.29 is 23.9 Å². The zero-order valence-corrected chi connectivity index (χ0v) is 18.7. The molecule has 0 fully saturated rings. The van der Waals surface area contributed by atoms with Gasteiger partial charge in [-0.1, -0.05) is 11.8 Å². The first-order valence-corrected chi connectivity index (χ1v) is 10.9. The van der Waals surface area contributed by atoms with Crippen LogP contribution in [0.5, 0.6) is 0 Å². The van der Waals surface area contributed by atoms with Gasteiger partial charge in [-0.25, -0.2) is 9.59 Å². The molecule has 3 aromatic rings. The number of nitrogens with zero attached hydrogens (tertiary/aromatic N) is 3. The molecular formula is C23H20N4O5S. The Labute approximate surface area is 192 Å². The molecule has 0 spiro atoms. The van der Waals surface area contributed by atoms with Crippen LogP contribution in [0.1, 0.15) is 38.6 Å². The van der Waals surface area contributed by atoms with E-state index in [1.54, 1.807) is 62.1 Å². The van der Waals surface area contributed by atoms with Crippen LogP contribution in [0.2, 0.25) is 0 Å². The summed E-state index contributed by atoms with van der Waals surface area (Å²) in [6.07, 6.45) is 7.99. The number of rotatable bonds is 5. The lowest BCUT2D eigenvalue weighted by atomic mass is 10.1. The molecule has 0 aromatic carbocycles. The van der Waals surface area contributed by atoms with Gasteiger partial charge in [-0.05, 0) is 48.4 Å². The third-order valence-electron chi connectivity index (χ3n) is 5.01. The Bertz CT molecular complexity index is 1350. The largest absolute Gasteiger partial charge is 0.465 e. The van der Waals surface area contributed by atoms with Crippen LogP contribution >= 0.6 is 11.8 Å². The maximum atomic E-state index is 13.7. The van der Waals surface area contributed by atoms with Crippen molar-refractivity contribution in [3.05, 3.63) is 76.4 Å². The number of carbonyl (C=O) groups excluding carboxylic acids is 3. The fourth-order valence-electron chi connectivity index (χ4n) is 3.55. The second-order valence-electron chi connectivity index (χ2n) is 6.94. The highest BCUT2D eigenvalue weighted by molar-refractivity contribution is 8.10. The van der Waals surface area contributed by atoms with Crippen LogP contribution in [0, 0.1) is 0 Å². The quantitative estimate of drug-likeness (QED) is 0.556. The number of anilines is 1. The van der Waals surface area contributed by atoms with Gasteiger partial charge in [0.25, 0.3) is 0 Å². The third kappa shape index (κ3) is 4.00.